The summed E-state index contributed by atoms with van der Waals surface area (Å²) in [6, 6.07) is 11.3. The second-order valence-corrected chi connectivity index (χ2v) is 6.96. The number of hydrogen-bond donors (Lipinski definition) is 0. The molecule has 1 aliphatic rings. The first-order valence-electron chi connectivity index (χ1n) is 8.73. The summed E-state index contributed by atoms with van der Waals surface area (Å²) in [5, 5.41) is 0.555. The normalized spacial score (nSPS) is 15.4. The molecule has 28 heavy (non-hydrogen) atoms. The standard InChI is InChI=1S/C20H21FN2O4S/c1-25-14-8-9-18(26-2)16(12-14)22-20-23(10-5-11-28-20)19(24)13-27-17-7-4-3-6-15(17)21/h3-4,6-9,12H,5,10-11,13H2,1-2H3. The number of hydrogen-bond acceptors (Lipinski definition) is 6. The highest BCUT2D eigenvalue weighted by atomic mass is 32.2. The molecule has 0 N–H and O–H groups in total. The van der Waals surface area contributed by atoms with E-state index in [2.05, 4.69) is 4.99 Å². The number of halogens is 1. The Balaban J connectivity index is 1.79. The molecule has 2 aromatic rings. The van der Waals surface area contributed by atoms with Gasteiger partial charge in [0.25, 0.3) is 5.91 Å². The Bertz CT molecular complexity index is 875. The van der Waals surface area contributed by atoms with Crippen LogP contribution in [0.15, 0.2) is 47.5 Å². The summed E-state index contributed by atoms with van der Waals surface area (Å²) in [6.07, 6.45) is 0.838. The van der Waals surface area contributed by atoms with Crippen molar-refractivity contribution in [3.8, 4) is 17.2 Å². The maximum atomic E-state index is 13.7. The lowest BCUT2D eigenvalue weighted by Crippen LogP contribution is -2.41. The average Bonchev–Trinajstić information content (AvgIpc) is 2.73. The van der Waals surface area contributed by atoms with Crippen LogP contribution in [0.25, 0.3) is 0 Å². The topological polar surface area (TPSA) is 60.4 Å². The Morgan fingerprint density at radius 2 is 2.00 bits per heavy atom. The number of ether oxygens (including phenoxy) is 3. The van der Waals surface area contributed by atoms with Gasteiger partial charge in [0.15, 0.2) is 23.3 Å². The minimum atomic E-state index is -0.502. The predicted octanol–water partition coefficient (Wildman–Crippen LogP) is 3.87. The Hall–Kier alpha value is -2.74. The second-order valence-electron chi connectivity index (χ2n) is 5.90. The third-order valence-corrected chi connectivity index (χ3v) is 5.14. The van der Waals surface area contributed by atoms with Crippen LogP contribution in [-0.2, 0) is 4.79 Å². The molecule has 1 saturated heterocycles. The van der Waals surface area contributed by atoms with E-state index < -0.39 is 5.82 Å². The third-order valence-electron chi connectivity index (χ3n) is 4.08. The molecule has 1 heterocycles. The average molecular weight is 404 g/mol. The van der Waals surface area contributed by atoms with E-state index in [1.165, 1.54) is 23.9 Å². The number of amides is 1. The number of nitrogens with zero attached hydrogens (tertiary/aromatic N) is 2. The highest BCUT2D eigenvalue weighted by molar-refractivity contribution is 8.13. The molecule has 1 aliphatic heterocycles. The zero-order valence-electron chi connectivity index (χ0n) is 15.7. The number of carbonyl (C=O) groups excluding carboxylic acids is 1. The lowest BCUT2D eigenvalue weighted by atomic mass is 10.3. The van der Waals surface area contributed by atoms with Crippen LogP contribution in [0.5, 0.6) is 17.2 Å². The monoisotopic (exact) mass is 404 g/mol. The van der Waals surface area contributed by atoms with Crippen molar-refractivity contribution in [3.63, 3.8) is 0 Å². The van der Waals surface area contributed by atoms with Crippen LogP contribution in [0.2, 0.25) is 0 Å². The van der Waals surface area contributed by atoms with Crippen LogP contribution in [-0.4, -0.2) is 49.1 Å². The SMILES string of the molecule is COc1ccc(OC)c(N=C2SCCCN2C(=O)COc2ccccc2F)c1. The van der Waals surface area contributed by atoms with Crippen molar-refractivity contribution < 1.29 is 23.4 Å². The van der Waals surface area contributed by atoms with Gasteiger partial charge >= 0.3 is 0 Å². The number of thioether (sulfide) groups is 1. The van der Waals surface area contributed by atoms with Gasteiger partial charge in [-0.3, -0.25) is 9.69 Å². The van der Waals surface area contributed by atoms with E-state index in [9.17, 15) is 9.18 Å². The van der Waals surface area contributed by atoms with E-state index in [0.717, 1.165) is 12.2 Å². The molecule has 1 amide bonds. The van der Waals surface area contributed by atoms with Gasteiger partial charge in [0.1, 0.15) is 17.2 Å². The fourth-order valence-electron chi connectivity index (χ4n) is 2.65. The summed E-state index contributed by atoms with van der Waals surface area (Å²) in [5.41, 5.74) is 0.569. The van der Waals surface area contributed by atoms with Gasteiger partial charge in [0, 0.05) is 18.4 Å². The van der Waals surface area contributed by atoms with Crippen LogP contribution in [0.3, 0.4) is 0 Å². The molecule has 0 spiro atoms. The molecule has 1 fully saturated rings. The number of rotatable bonds is 6. The van der Waals surface area contributed by atoms with Gasteiger partial charge in [-0.1, -0.05) is 23.9 Å². The Kier molecular flexibility index (Phi) is 6.76. The summed E-state index contributed by atoms with van der Waals surface area (Å²) in [6.45, 7) is 0.257. The predicted molar refractivity (Wildman–Crippen MR) is 107 cm³/mol. The highest BCUT2D eigenvalue weighted by Gasteiger charge is 2.25. The van der Waals surface area contributed by atoms with Crippen LogP contribution in [0, 0.1) is 5.82 Å². The van der Waals surface area contributed by atoms with Gasteiger partial charge in [-0.05, 0) is 30.7 Å². The zero-order chi connectivity index (χ0) is 19.9. The van der Waals surface area contributed by atoms with Crippen molar-refractivity contribution in [3.05, 3.63) is 48.3 Å². The molecule has 2 aromatic carbocycles. The van der Waals surface area contributed by atoms with Gasteiger partial charge in [-0.2, -0.15) is 0 Å². The van der Waals surface area contributed by atoms with E-state index in [1.807, 2.05) is 0 Å². The van der Waals surface area contributed by atoms with Gasteiger partial charge in [-0.25, -0.2) is 9.38 Å². The van der Waals surface area contributed by atoms with Gasteiger partial charge in [0.05, 0.1) is 14.2 Å². The number of carbonyl (C=O) groups is 1. The molecule has 6 nitrogen and oxygen atoms in total. The maximum absolute atomic E-state index is 13.7. The third kappa shape index (κ3) is 4.75. The van der Waals surface area contributed by atoms with Crippen molar-refractivity contribution in [2.24, 2.45) is 4.99 Å². The summed E-state index contributed by atoms with van der Waals surface area (Å²) in [7, 11) is 3.13. The first-order chi connectivity index (χ1) is 13.6. The second kappa shape index (κ2) is 9.45. The molecule has 8 heteroatoms. The molecule has 148 valence electrons. The van der Waals surface area contributed by atoms with E-state index in [0.29, 0.717) is 28.9 Å². The lowest BCUT2D eigenvalue weighted by Gasteiger charge is -2.27. The fraction of sp³-hybridized carbons (Fsp3) is 0.300. The molecular formula is C20H21FN2O4S. The van der Waals surface area contributed by atoms with Crippen molar-refractivity contribution in [1.29, 1.82) is 0 Å². The minimum Gasteiger partial charge on any atom is -0.497 e. The van der Waals surface area contributed by atoms with Crippen LogP contribution in [0.1, 0.15) is 6.42 Å². The first-order valence-corrected chi connectivity index (χ1v) is 9.72. The van der Waals surface area contributed by atoms with E-state index in [-0.39, 0.29) is 18.3 Å². The van der Waals surface area contributed by atoms with E-state index >= 15 is 0 Å². The molecule has 0 radical (unpaired) electrons. The van der Waals surface area contributed by atoms with Crippen molar-refractivity contribution in [1.82, 2.24) is 4.90 Å². The molecule has 0 aromatic heterocycles. The molecule has 0 atom stereocenters. The molecule has 0 unspecified atom stereocenters. The first kappa shape index (κ1) is 20.0. The Morgan fingerprint density at radius 1 is 1.18 bits per heavy atom. The Labute approximate surface area is 167 Å². The number of benzene rings is 2. The molecule has 0 saturated carbocycles. The van der Waals surface area contributed by atoms with Crippen molar-refractivity contribution in [2.45, 2.75) is 6.42 Å². The zero-order valence-corrected chi connectivity index (χ0v) is 16.5. The molecular weight excluding hydrogens is 383 g/mol. The number of para-hydroxylation sites is 1. The van der Waals surface area contributed by atoms with Crippen LogP contribution in [0.4, 0.5) is 10.1 Å². The van der Waals surface area contributed by atoms with E-state index in [1.54, 1.807) is 49.5 Å². The molecule has 0 aliphatic carbocycles. The Morgan fingerprint density at radius 3 is 2.75 bits per heavy atom. The fourth-order valence-corrected chi connectivity index (χ4v) is 3.62. The number of methoxy groups -OCH3 is 2. The molecule has 3 rings (SSSR count). The van der Waals surface area contributed by atoms with Crippen LogP contribution >= 0.6 is 11.8 Å². The number of aliphatic imine (C=N–C) groups is 1. The maximum Gasteiger partial charge on any atom is 0.266 e. The largest absolute Gasteiger partial charge is 0.497 e. The lowest BCUT2D eigenvalue weighted by molar-refractivity contribution is -0.129. The summed E-state index contributed by atoms with van der Waals surface area (Å²) in [4.78, 5) is 18.9. The van der Waals surface area contributed by atoms with Gasteiger partial charge < -0.3 is 14.2 Å². The molecule has 0 bridgehead atoms. The van der Waals surface area contributed by atoms with Crippen molar-refractivity contribution in [2.75, 3.05) is 33.1 Å². The van der Waals surface area contributed by atoms with Gasteiger partial charge in [-0.15, -0.1) is 0 Å². The smallest absolute Gasteiger partial charge is 0.266 e. The van der Waals surface area contributed by atoms with E-state index in [4.69, 9.17) is 14.2 Å². The van der Waals surface area contributed by atoms with Crippen LogP contribution < -0.4 is 14.2 Å². The summed E-state index contributed by atoms with van der Waals surface area (Å²) < 4.78 is 29.7. The summed E-state index contributed by atoms with van der Waals surface area (Å²) in [5.74, 6) is 1.34. The minimum absolute atomic E-state index is 0.0495. The highest BCUT2D eigenvalue weighted by Crippen LogP contribution is 2.33. The van der Waals surface area contributed by atoms with Crippen molar-refractivity contribution >= 4 is 28.5 Å². The number of amidine groups is 1. The summed E-state index contributed by atoms with van der Waals surface area (Å²) >= 11 is 1.48. The quantitative estimate of drug-likeness (QED) is 0.731. The van der Waals surface area contributed by atoms with Gasteiger partial charge in [0.2, 0.25) is 0 Å².